The molecule has 3 aliphatic rings. The van der Waals surface area contributed by atoms with Crippen molar-refractivity contribution in [2.75, 3.05) is 26.2 Å². The first-order valence-electron chi connectivity index (χ1n) is 12.0. The number of hydrogen-bond acceptors (Lipinski definition) is 5. The Labute approximate surface area is 219 Å². The Morgan fingerprint density at radius 2 is 1.82 bits per heavy atom. The zero-order valence-electron chi connectivity index (χ0n) is 20.1. The van der Waals surface area contributed by atoms with Crippen LogP contribution >= 0.6 is 11.3 Å². The molecule has 2 amide bonds. The Balaban J connectivity index is 0.000000426. The summed E-state index contributed by atoms with van der Waals surface area (Å²) in [5, 5.41) is 14.3. The zero-order valence-corrected chi connectivity index (χ0v) is 21.0. The lowest BCUT2D eigenvalue weighted by Crippen LogP contribution is -2.56. The van der Waals surface area contributed by atoms with Gasteiger partial charge in [-0.1, -0.05) is 0 Å². The highest BCUT2D eigenvalue weighted by atomic mass is 32.1. The second-order valence-electron chi connectivity index (χ2n) is 9.78. The molecule has 0 saturated carbocycles. The van der Waals surface area contributed by atoms with E-state index in [0.717, 1.165) is 30.5 Å². The first-order chi connectivity index (χ1) is 17.9. The number of nitrogens with one attached hydrogen (secondary N) is 1. The SMILES string of the molecule is O=C(O)C(F)(F)F.O=C1NC2(CCN(C(=O)Cc3ccsc3)CC2)[C@H]2CN(Cc3cc(F)ccc3F)C[C@@H]12. The van der Waals surface area contributed by atoms with Crippen LogP contribution in [-0.2, 0) is 27.3 Å². The molecule has 3 fully saturated rings. The van der Waals surface area contributed by atoms with Crippen LogP contribution in [0.25, 0.3) is 0 Å². The number of thiophene rings is 1. The summed E-state index contributed by atoms with van der Waals surface area (Å²) in [4.78, 5) is 38.2. The van der Waals surface area contributed by atoms with Gasteiger partial charge in [-0.05, 0) is 53.4 Å². The van der Waals surface area contributed by atoms with E-state index in [1.165, 1.54) is 6.07 Å². The lowest BCUT2D eigenvalue weighted by molar-refractivity contribution is -0.192. The minimum Gasteiger partial charge on any atom is -0.475 e. The van der Waals surface area contributed by atoms with Crippen molar-refractivity contribution in [2.24, 2.45) is 11.8 Å². The molecule has 2 atom stereocenters. The number of fused-ring (bicyclic) bond motifs is 2. The normalized spacial score (nSPS) is 22.6. The van der Waals surface area contributed by atoms with Crippen molar-refractivity contribution < 1.29 is 41.4 Å². The van der Waals surface area contributed by atoms with Gasteiger partial charge in [0.05, 0.1) is 12.3 Å². The van der Waals surface area contributed by atoms with E-state index in [2.05, 4.69) is 10.2 Å². The van der Waals surface area contributed by atoms with Gasteiger partial charge in [-0.2, -0.15) is 24.5 Å². The average molecular weight is 560 g/mol. The molecule has 4 heterocycles. The molecule has 0 radical (unpaired) electrons. The van der Waals surface area contributed by atoms with Gasteiger partial charge in [0, 0.05) is 49.7 Å². The second kappa shape index (κ2) is 11.0. The quantitative estimate of drug-likeness (QED) is 0.561. The highest BCUT2D eigenvalue weighted by Crippen LogP contribution is 2.44. The summed E-state index contributed by atoms with van der Waals surface area (Å²) in [5.41, 5.74) is 1.06. The van der Waals surface area contributed by atoms with Gasteiger partial charge in [0.15, 0.2) is 0 Å². The highest BCUT2D eigenvalue weighted by molar-refractivity contribution is 7.08. The molecule has 2 N–H and O–H groups in total. The maximum Gasteiger partial charge on any atom is 0.490 e. The molecule has 2 aromatic rings. The molecule has 0 bridgehead atoms. The molecule has 0 unspecified atom stereocenters. The third-order valence-corrected chi connectivity index (χ3v) is 8.13. The van der Waals surface area contributed by atoms with Crippen LogP contribution in [0.15, 0.2) is 35.0 Å². The van der Waals surface area contributed by atoms with Crippen LogP contribution in [-0.4, -0.2) is 70.6 Å². The molecule has 38 heavy (non-hydrogen) atoms. The third-order valence-electron chi connectivity index (χ3n) is 7.40. The van der Waals surface area contributed by atoms with E-state index in [0.29, 0.717) is 44.7 Å². The lowest BCUT2D eigenvalue weighted by atomic mass is 9.75. The van der Waals surface area contributed by atoms with Gasteiger partial charge in [0.1, 0.15) is 11.6 Å². The van der Waals surface area contributed by atoms with Gasteiger partial charge in [0.25, 0.3) is 0 Å². The van der Waals surface area contributed by atoms with Crippen LogP contribution in [0.5, 0.6) is 0 Å². The van der Waals surface area contributed by atoms with Gasteiger partial charge in [-0.3, -0.25) is 14.5 Å². The molecular formula is C25H26F5N3O4S. The molecule has 5 rings (SSSR count). The number of nitrogens with zero attached hydrogens (tertiary/aromatic N) is 2. The maximum atomic E-state index is 14.1. The number of carbonyl (C=O) groups excluding carboxylic acids is 2. The van der Waals surface area contributed by atoms with Gasteiger partial charge in [-0.25, -0.2) is 13.6 Å². The van der Waals surface area contributed by atoms with E-state index in [1.54, 1.807) is 11.3 Å². The zero-order chi connectivity index (χ0) is 27.7. The Bertz CT molecular complexity index is 1180. The highest BCUT2D eigenvalue weighted by Gasteiger charge is 2.57. The first-order valence-corrected chi connectivity index (χ1v) is 12.9. The summed E-state index contributed by atoms with van der Waals surface area (Å²) in [6.07, 6.45) is -3.20. The molecule has 0 aliphatic carbocycles. The van der Waals surface area contributed by atoms with E-state index in [1.807, 2.05) is 21.7 Å². The number of halogens is 5. The first kappa shape index (κ1) is 28.0. The fourth-order valence-electron chi connectivity index (χ4n) is 5.51. The molecule has 1 spiro atoms. The fraction of sp³-hybridized carbons (Fsp3) is 0.480. The van der Waals surface area contributed by atoms with Crippen LogP contribution in [0, 0.1) is 23.5 Å². The Morgan fingerprint density at radius 1 is 1.13 bits per heavy atom. The van der Waals surface area contributed by atoms with E-state index in [4.69, 9.17) is 9.90 Å². The van der Waals surface area contributed by atoms with Crippen molar-refractivity contribution in [1.29, 1.82) is 0 Å². The van der Waals surface area contributed by atoms with Crippen LogP contribution in [0.4, 0.5) is 22.0 Å². The van der Waals surface area contributed by atoms with E-state index in [-0.39, 0.29) is 29.2 Å². The van der Waals surface area contributed by atoms with Crippen molar-refractivity contribution in [3.05, 3.63) is 57.8 Å². The van der Waals surface area contributed by atoms with Crippen molar-refractivity contribution in [3.63, 3.8) is 0 Å². The van der Waals surface area contributed by atoms with E-state index in [9.17, 15) is 31.5 Å². The van der Waals surface area contributed by atoms with E-state index >= 15 is 0 Å². The monoisotopic (exact) mass is 559 g/mol. The lowest BCUT2D eigenvalue weighted by Gasteiger charge is -2.43. The summed E-state index contributed by atoms with van der Waals surface area (Å²) in [6.45, 7) is 2.78. The topological polar surface area (TPSA) is 89.9 Å². The van der Waals surface area contributed by atoms with Crippen LogP contribution in [0.2, 0.25) is 0 Å². The molecule has 1 aromatic carbocycles. The van der Waals surface area contributed by atoms with Crippen molar-refractivity contribution in [3.8, 4) is 0 Å². The summed E-state index contributed by atoms with van der Waals surface area (Å²) >= 11 is 1.59. The number of carboxylic acids is 1. The Hall–Kier alpha value is -3.06. The van der Waals surface area contributed by atoms with Crippen LogP contribution < -0.4 is 5.32 Å². The van der Waals surface area contributed by atoms with Gasteiger partial charge in [-0.15, -0.1) is 0 Å². The number of rotatable bonds is 4. The number of carboxylic acid groups (broad SMARTS) is 1. The molecule has 1 aromatic heterocycles. The van der Waals surface area contributed by atoms with Crippen molar-refractivity contribution in [2.45, 2.75) is 37.5 Å². The fourth-order valence-corrected chi connectivity index (χ4v) is 6.18. The minimum absolute atomic E-state index is 0.0465. The van der Waals surface area contributed by atoms with Gasteiger partial charge in [0.2, 0.25) is 11.8 Å². The molecule has 3 saturated heterocycles. The predicted molar refractivity (Wildman–Crippen MR) is 127 cm³/mol. The minimum atomic E-state index is -5.08. The van der Waals surface area contributed by atoms with Crippen molar-refractivity contribution >= 4 is 29.1 Å². The maximum absolute atomic E-state index is 14.1. The number of hydrogen-bond donors (Lipinski definition) is 2. The van der Waals surface area contributed by atoms with Crippen molar-refractivity contribution in [1.82, 2.24) is 15.1 Å². The summed E-state index contributed by atoms with van der Waals surface area (Å²) in [5.74, 6) is -3.46. The van der Waals surface area contributed by atoms with Gasteiger partial charge >= 0.3 is 12.1 Å². The number of benzene rings is 1. The molecule has 13 heteroatoms. The summed E-state index contributed by atoms with van der Waals surface area (Å²) in [7, 11) is 0. The van der Waals surface area contributed by atoms with E-state index < -0.39 is 23.8 Å². The van der Waals surface area contributed by atoms with Crippen LogP contribution in [0.1, 0.15) is 24.0 Å². The molecular weight excluding hydrogens is 533 g/mol. The van der Waals surface area contributed by atoms with Gasteiger partial charge < -0.3 is 15.3 Å². The van der Waals surface area contributed by atoms with Crippen LogP contribution in [0.3, 0.4) is 0 Å². The second-order valence-corrected chi connectivity index (χ2v) is 10.6. The largest absolute Gasteiger partial charge is 0.490 e. The smallest absolute Gasteiger partial charge is 0.475 e. The molecule has 7 nitrogen and oxygen atoms in total. The molecule has 206 valence electrons. The summed E-state index contributed by atoms with van der Waals surface area (Å²) in [6, 6.07) is 5.48. The molecule has 3 aliphatic heterocycles. The Kier molecular flexibility index (Phi) is 8.07. The third kappa shape index (κ3) is 6.15. The number of amides is 2. The number of aliphatic carboxylic acids is 1. The summed E-state index contributed by atoms with van der Waals surface area (Å²) < 4.78 is 59.4. The number of likely N-dealkylation sites (tertiary alicyclic amines) is 2. The number of carbonyl (C=O) groups is 3. The standard InChI is InChI=1S/C23H25F2N3O2S.C2HF3O2/c24-17-1-2-20(25)16(10-17)11-27-12-18-19(13-27)23(26-22(18)30)4-6-28(7-5-23)21(29)9-15-3-8-31-14-15;3-2(4,5)1(6)7/h1-3,8,10,14,18-19H,4-7,9,11-13H2,(H,26,30);(H,6,7)/t18-,19+;/m1./s1. The average Bonchev–Trinajstić information content (AvgIpc) is 3.56. The Morgan fingerprint density at radius 3 is 2.42 bits per heavy atom. The number of alkyl halides is 3. The number of piperidine rings is 1. The predicted octanol–water partition coefficient (Wildman–Crippen LogP) is 3.44.